The molecule has 0 saturated carbocycles. The van der Waals surface area contributed by atoms with Crippen molar-refractivity contribution in [2.75, 3.05) is 12.0 Å². The van der Waals surface area contributed by atoms with Crippen molar-refractivity contribution in [2.24, 2.45) is 5.84 Å². The fraction of sp³-hybridized carbons (Fsp3) is 0.250. The van der Waals surface area contributed by atoms with Crippen LogP contribution in [0.5, 0.6) is 5.88 Å². The quantitative estimate of drug-likeness (QED) is 0.511. The minimum Gasteiger partial charge on any atom is -0.466 e. The maximum Gasteiger partial charge on any atom is 0.422 e. The summed E-state index contributed by atoms with van der Waals surface area (Å²) < 4.78 is 54.1. The highest BCUT2D eigenvalue weighted by atomic mass is 19.4. The normalized spacial score (nSPS) is 11.4. The fourth-order valence-corrected chi connectivity index (χ4v) is 1.65. The van der Waals surface area contributed by atoms with Gasteiger partial charge in [0.05, 0.1) is 17.6 Å². The van der Waals surface area contributed by atoms with Crippen molar-refractivity contribution in [1.82, 2.24) is 15.0 Å². The first-order valence-electron chi connectivity index (χ1n) is 5.96. The van der Waals surface area contributed by atoms with Crippen LogP contribution in [0.1, 0.15) is 5.69 Å². The lowest BCUT2D eigenvalue weighted by molar-refractivity contribution is -0.154. The first kappa shape index (κ1) is 15.9. The van der Waals surface area contributed by atoms with Crippen molar-refractivity contribution in [3.63, 3.8) is 0 Å². The van der Waals surface area contributed by atoms with E-state index in [4.69, 9.17) is 5.84 Å². The number of ether oxygens (including phenoxy) is 1. The number of aryl methyl sites for hydroxylation is 1. The molecule has 2 aromatic heterocycles. The summed E-state index contributed by atoms with van der Waals surface area (Å²) in [5.41, 5.74) is 3.33. The van der Waals surface area contributed by atoms with Gasteiger partial charge in [-0.1, -0.05) is 0 Å². The third kappa shape index (κ3) is 3.79. The van der Waals surface area contributed by atoms with Gasteiger partial charge < -0.3 is 10.2 Å². The maximum atomic E-state index is 13.8. The standard InChI is InChI=1S/C12H11F4N5O/c1-6-10(18-4-9(20-6)21-17)7-2-8(13)11(19-3-7)22-5-12(14,15)16/h2-4H,5,17H2,1H3,(H,20,21). The Morgan fingerprint density at radius 1 is 1.27 bits per heavy atom. The van der Waals surface area contributed by atoms with E-state index in [2.05, 4.69) is 25.1 Å². The van der Waals surface area contributed by atoms with E-state index in [9.17, 15) is 17.6 Å². The summed E-state index contributed by atoms with van der Waals surface area (Å²) in [6, 6.07) is 0.977. The van der Waals surface area contributed by atoms with Crippen molar-refractivity contribution in [2.45, 2.75) is 13.1 Å². The highest BCUT2D eigenvalue weighted by molar-refractivity contribution is 5.61. The number of nitrogens with two attached hydrogens (primary N) is 1. The number of rotatable bonds is 4. The minimum absolute atomic E-state index is 0.255. The molecule has 0 aliphatic heterocycles. The molecular formula is C12H11F4N5O. The van der Waals surface area contributed by atoms with E-state index in [1.807, 2.05) is 0 Å². The van der Waals surface area contributed by atoms with E-state index in [-0.39, 0.29) is 5.56 Å². The number of nitrogens with zero attached hydrogens (tertiary/aromatic N) is 3. The number of alkyl halides is 3. The summed E-state index contributed by atoms with van der Waals surface area (Å²) in [4.78, 5) is 11.6. The SMILES string of the molecule is Cc1nc(NN)cnc1-c1cnc(OCC(F)(F)F)c(F)c1. The Kier molecular flexibility index (Phi) is 4.40. The Balaban J connectivity index is 2.25. The Morgan fingerprint density at radius 2 is 2.00 bits per heavy atom. The zero-order valence-electron chi connectivity index (χ0n) is 11.3. The topological polar surface area (TPSA) is 86.0 Å². The summed E-state index contributed by atoms with van der Waals surface area (Å²) in [5.74, 6) is 3.75. The number of hydrogen-bond donors (Lipinski definition) is 2. The van der Waals surface area contributed by atoms with Gasteiger partial charge in [-0.3, -0.25) is 4.98 Å². The number of nitrogens with one attached hydrogen (secondary N) is 1. The third-order valence-electron chi connectivity index (χ3n) is 2.55. The molecule has 0 amide bonds. The summed E-state index contributed by atoms with van der Waals surface area (Å²) in [7, 11) is 0. The molecule has 0 aliphatic carbocycles. The molecule has 10 heteroatoms. The number of aromatic nitrogens is 3. The van der Waals surface area contributed by atoms with Crippen molar-refractivity contribution < 1.29 is 22.3 Å². The zero-order valence-corrected chi connectivity index (χ0v) is 11.3. The molecule has 118 valence electrons. The Labute approximate surface area is 122 Å². The molecule has 0 unspecified atom stereocenters. The fourth-order valence-electron chi connectivity index (χ4n) is 1.65. The van der Waals surface area contributed by atoms with Crippen LogP contribution in [0.3, 0.4) is 0 Å². The van der Waals surface area contributed by atoms with E-state index in [0.29, 0.717) is 17.2 Å². The summed E-state index contributed by atoms with van der Waals surface area (Å²) >= 11 is 0. The minimum atomic E-state index is -4.57. The van der Waals surface area contributed by atoms with Gasteiger partial charge in [0.15, 0.2) is 18.2 Å². The predicted molar refractivity (Wildman–Crippen MR) is 69.3 cm³/mol. The van der Waals surface area contributed by atoms with Gasteiger partial charge in [-0.2, -0.15) is 13.2 Å². The van der Waals surface area contributed by atoms with Crippen LogP contribution < -0.4 is 16.0 Å². The summed E-state index contributed by atoms with van der Waals surface area (Å²) in [6.45, 7) is 0.00110. The number of nitrogen functional groups attached to an aromatic ring is 1. The number of halogens is 4. The second-order valence-corrected chi connectivity index (χ2v) is 4.25. The lowest BCUT2D eigenvalue weighted by atomic mass is 10.1. The van der Waals surface area contributed by atoms with Crippen LogP contribution in [-0.4, -0.2) is 27.7 Å². The molecule has 0 aliphatic rings. The lowest BCUT2D eigenvalue weighted by Gasteiger charge is -2.10. The van der Waals surface area contributed by atoms with Gasteiger partial charge in [-0.05, 0) is 13.0 Å². The molecule has 0 fully saturated rings. The second kappa shape index (κ2) is 6.10. The van der Waals surface area contributed by atoms with Crippen LogP contribution in [0.15, 0.2) is 18.5 Å². The number of pyridine rings is 1. The average Bonchev–Trinajstić information content (AvgIpc) is 2.44. The Bertz CT molecular complexity index is 677. The van der Waals surface area contributed by atoms with E-state index < -0.39 is 24.5 Å². The highest BCUT2D eigenvalue weighted by Gasteiger charge is 2.29. The first-order chi connectivity index (χ1) is 10.3. The van der Waals surface area contributed by atoms with E-state index in [0.717, 1.165) is 12.3 Å². The molecule has 2 aromatic rings. The molecule has 0 aromatic carbocycles. The lowest BCUT2D eigenvalue weighted by Crippen LogP contribution is -2.20. The first-order valence-corrected chi connectivity index (χ1v) is 5.96. The van der Waals surface area contributed by atoms with Crippen molar-refractivity contribution in [3.8, 4) is 17.1 Å². The van der Waals surface area contributed by atoms with Crippen LogP contribution in [0.25, 0.3) is 11.3 Å². The van der Waals surface area contributed by atoms with Gasteiger partial charge in [-0.25, -0.2) is 20.2 Å². The Morgan fingerprint density at radius 3 is 2.55 bits per heavy atom. The van der Waals surface area contributed by atoms with Crippen LogP contribution in [0.2, 0.25) is 0 Å². The van der Waals surface area contributed by atoms with Crippen LogP contribution >= 0.6 is 0 Å². The number of anilines is 1. The maximum absolute atomic E-state index is 13.8. The largest absolute Gasteiger partial charge is 0.466 e. The molecule has 0 atom stereocenters. The molecule has 0 spiro atoms. The molecular weight excluding hydrogens is 306 g/mol. The van der Waals surface area contributed by atoms with Gasteiger partial charge in [0.1, 0.15) is 0 Å². The average molecular weight is 317 g/mol. The molecule has 0 saturated heterocycles. The van der Waals surface area contributed by atoms with Crippen LogP contribution in [-0.2, 0) is 0 Å². The number of hydrogen-bond acceptors (Lipinski definition) is 6. The molecule has 3 N–H and O–H groups in total. The van der Waals surface area contributed by atoms with Crippen molar-refractivity contribution in [3.05, 3.63) is 30.0 Å². The number of hydrazine groups is 1. The summed E-state index contributed by atoms with van der Waals surface area (Å²) in [6.07, 6.45) is -2.09. The zero-order chi connectivity index (χ0) is 16.3. The van der Waals surface area contributed by atoms with Crippen LogP contribution in [0, 0.1) is 12.7 Å². The molecule has 2 rings (SSSR count). The van der Waals surface area contributed by atoms with E-state index >= 15 is 0 Å². The van der Waals surface area contributed by atoms with Gasteiger partial charge in [-0.15, -0.1) is 0 Å². The molecule has 6 nitrogen and oxygen atoms in total. The predicted octanol–water partition coefficient (Wildman–Crippen LogP) is 2.21. The van der Waals surface area contributed by atoms with Crippen molar-refractivity contribution in [1.29, 1.82) is 0 Å². The molecule has 2 heterocycles. The van der Waals surface area contributed by atoms with Gasteiger partial charge >= 0.3 is 6.18 Å². The Hall–Kier alpha value is -2.49. The highest BCUT2D eigenvalue weighted by Crippen LogP contribution is 2.25. The molecule has 22 heavy (non-hydrogen) atoms. The second-order valence-electron chi connectivity index (χ2n) is 4.25. The van der Waals surface area contributed by atoms with E-state index in [1.54, 1.807) is 6.92 Å². The third-order valence-corrected chi connectivity index (χ3v) is 2.55. The molecule has 0 radical (unpaired) electrons. The smallest absolute Gasteiger partial charge is 0.422 e. The van der Waals surface area contributed by atoms with Gasteiger partial charge in [0, 0.05) is 11.8 Å². The monoisotopic (exact) mass is 317 g/mol. The van der Waals surface area contributed by atoms with Crippen LogP contribution in [0.4, 0.5) is 23.4 Å². The molecule has 0 bridgehead atoms. The van der Waals surface area contributed by atoms with Gasteiger partial charge in [0.2, 0.25) is 0 Å². The summed E-state index contributed by atoms with van der Waals surface area (Å²) in [5, 5.41) is 0. The van der Waals surface area contributed by atoms with E-state index in [1.165, 1.54) is 6.20 Å². The van der Waals surface area contributed by atoms with Crippen molar-refractivity contribution >= 4 is 5.82 Å². The van der Waals surface area contributed by atoms with Gasteiger partial charge in [0.25, 0.3) is 5.88 Å².